The number of likely N-dealkylation sites (tertiary alicyclic amines) is 1. The van der Waals surface area contributed by atoms with Crippen LogP contribution in [0.1, 0.15) is 62.3 Å². The Morgan fingerprint density at radius 1 is 1.09 bits per heavy atom. The van der Waals surface area contributed by atoms with E-state index in [1.807, 2.05) is 4.40 Å². The fraction of sp³-hybridized carbons (Fsp3) is 0.267. The van der Waals surface area contributed by atoms with Crippen LogP contribution in [0.4, 0.5) is 24.8 Å². The number of pyridine rings is 1. The average molecular weight is 605 g/mol. The number of amides is 2. The van der Waals surface area contributed by atoms with Crippen LogP contribution < -0.4 is 11.1 Å². The number of aromatic nitrogens is 5. The number of piperidine rings is 1. The van der Waals surface area contributed by atoms with Gasteiger partial charge in [0, 0.05) is 48.7 Å². The molecule has 6 rings (SSSR count). The van der Waals surface area contributed by atoms with Crippen molar-refractivity contribution in [3.63, 3.8) is 0 Å². The van der Waals surface area contributed by atoms with E-state index in [1.165, 1.54) is 0 Å². The molecule has 0 unspecified atom stereocenters. The van der Waals surface area contributed by atoms with Gasteiger partial charge in [0.2, 0.25) is 0 Å². The topological polar surface area (TPSA) is 145 Å². The number of nitrogens with one attached hydrogen (secondary N) is 1. The summed E-state index contributed by atoms with van der Waals surface area (Å²) in [7, 11) is 0. The van der Waals surface area contributed by atoms with Crippen LogP contribution in [0.2, 0.25) is 0 Å². The lowest BCUT2D eigenvalue weighted by molar-refractivity contribution is -0.137. The van der Waals surface area contributed by atoms with E-state index in [1.54, 1.807) is 55.4 Å². The molecule has 1 aliphatic rings. The molecule has 11 nitrogen and oxygen atoms in total. The third kappa shape index (κ3) is 5.34. The highest BCUT2D eigenvalue weighted by Gasteiger charge is 2.32. The van der Waals surface area contributed by atoms with Crippen molar-refractivity contribution in [3.05, 3.63) is 89.0 Å². The SMILES string of the molecule is Cc1noc(C)c1C(=O)N1CCC[C@@H](c2nc(-c3ccc(C(=O)Nc4cc(C(F)(F)F)ccn4)cc3)c3c(N)nccn23)C1. The molecule has 5 aromatic rings. The van der Waals surface area contributed by atoms with Gasteiger partial charge in [-0.15, -0.1) is 0 Å². The third-order valence-electron chi connectivity index (χ3n) is 7.68. The summed E-state index contributed by atoms with van der Waals surface area (Å²) in [5.74, 6) is 0.391. The highest BCUT2D eigenvalue weighted by atomic mass is 19.4. The van der Waals surface area contributed by atoms with Gasteiger partial charge >= 0.3 is 6.18 Å². The Hall–Kier alpha value is -5.27. The molecule has 44 heavy (non-hydrogen) atoms. The van der Waals surface area contributed by atoms with Crippen LogP contribution >= 0.6 is 0 Å². The molecule has 1 aromatic carbocycles. The van der Waals surface area contributed by atoms with E-state index >= 15 is 0 Å². The number of carbonyl (C=O) groups excluding carboxylic acids is 2. The summed E-state index contributed by atoms with van der Waals surface area (Å²) in [6.45, 7) is 4.49. The normalized spacial score (nSPS) is 15.5. The van der Waals surface area contributed by atoms with Crippen molar-refractivity contribution in [3.8, 4) is 11.3 Å². The predicted molar refractivity (Wildman–Crippen MR) is 154 cm³/mol. The zero-order valence-corrected chi connectivity index (χ0v) is 23.7. The molecule has 0 bridgehead atoms. The number of nitrogens with zero attached hydrogens (tertiary/aromatic N) is 6. The Labute approximate surface area is 248 Å². The number of nitrogens with two attached hydrogens (primary N) is 1. The molecule has 1 aliphatic heterocycles. The molecule has 14 heteroatoms. The standard InChI is InChI=1S/C30H27F3N8O3/c1-16-23(17(2)44-39-16)29(43)40-12-3-4-20(15-40)27-38-24(25-26(34)36-11-13-41(25)27)18-5-7-19(8-6-18)28(42)37-22-14-21(9-10-35-22)30(31,32)33/h5-11,13-14,20H,3-4,12,15H2,1-2H3,(H2,34,36)(H,35,37,42)/t20-/m1/s1. The summed E-state index contributed by atoms with van der Waals surface area (Å²) in [5, 5.41) is 6.32. The number of anilines is 2. The molecule has 5 heterocycles. The van der Waals surface area contributed by atoms with Crippen LogP contribution in [-0.2, 0) is 6.18 Å². The highest BCUT2D eigenvalue weighted by Crippen LogP contribution is 2.35. The number of hydrogen-bond acceptors (Lipinski definition) is 8. The van der Waals surface area contributed by atoms with Gasteiger partial charge in [0.05, 0.1) is 11.3 Å². The number of hydrogen-bond donors (Lipinski definition) is 2. The minimum atomic E-state index is -4.56. The number of fused-ring (bicyclic) bond motifs is 1. The molecular formula is C30H27F3N8O3. The van der Waals surface area contributed by atoms with E-state index in [0.29, 0.717) is 46.9 Å². The van der Waals surface area contributed by atoms with Crippen LogP contribution in [0.5, 0.6) is 0 Å². The Bertz CT molecular complexity index is 1860. The second-order valence-electron chi connectivity index (χ2n) is 10.6. The van der Waals surface area contributed by atoms with E-state index in [4.69, 9.17) is 15.2 Å². The first kappa shape index (κ1) is 28.8. The first-order chi connectivity index (χ1) is 21.0. The largest absolute Gasteiger partial charge is 0.416 e. The van der Waals surface area contributed by atoms with Crippen LogP contribution in [0.25, 0.3) is 16.8 Å². The number of benzene rings is 1. The highest BCUT2D eigenvalue weighted by molar-refractivity contribution is 6.04. The van der Waals surface area contributed by atoms with E-state index in [-0.39, 0.29) is 29.0 Å². The second kappa shape index (κ2) is 11.1. The minimum Gasteiger partial charge on any atom is -0.382 e. The molecule has 0 saturated carbocycles. The maximum Gasteiger partial charge on any atom is 0.416 e. The molecule has 3 N–H and O–H groups in total. The average Bonchev–Trinajstić information content (AvgIpc) is 3.57. The number of imidazole rings is 1. The molecule has 0 radical (unpaired) electrons. The fourth-order valence-electron chi connectivity index (χ4n) is 5.54. The lowest BCUT2D eigenvalue weighted by Gasteiger charge is -2.32. The Balaban J connectivity index is 1.27. The summed E-state index contributed by atoms with van der Waals surface area (Å²) in [4.78, 5) is 41.0. The molecule has 2 amide bonds. The first-order valence-corrected chi connectivity index (χ1v) is 13.8. The number of aryl methyl sites for hydroxylation is 2. The molecule has 0 aliphatic carbocycles. The van der Waals surface area contributed by atoms with Crippen LogP contribution in [0.15, 0.2) is 59.5 Å². The van der Waals surface area contributed by atoms with E-state index in [9.17, 15) is 22.8 Å². The molecule has 226 valence electrons. The van der Waals surface area contributed by atoms with Crippen molar-refractivity contribution < 1.29 is 27.3 Å². The molecule has 1 atom stereocenters. The van der Waals surface area contributed by atoms with Crippen molar-refractivity contribution in [1.29, 1.82) is 0 Å². The summed E-state index contributed by atoms with van der Waals surface area (Å²) < 4.78 is 46.2. The number of alkyl halides is 3. The van der Waals surface area contributed by atoms with Gasteiger partial charge in [-0.05, 0) is 51.0 Å². The Morgan fingerprint density at radius 2 is 1.86 bits per heavy atom. The van der Waals surface area contributed by atoms with Crippen molar-refractivity contribution >= 4 is 29.0 Å². The smallest absolute Gasteiger partial charge is 0.382 e. The second-order valence-corrected chi connectivity index (χ2v) is 10.6. The zero-order valence-electron chi connectivity index (χ0n) is 23.7. The van der Waals surface area contributed by atoms with Crippen molar-refractivity contribution in [2.45, 2.75) is 38.8 Å². The molecule has 4 aromatic heterocycles. The monoisotopic (exact) mass is 604 g/mol. The Morgan fingerprint density at radius 3 is 2.57 bits per heavy atom. The van der Waals surface area contributed by atoms with Gasteiger partial charge in [0.15, 0.2) is 0 Å². The van der Waals surface area contributed by atoms with Crippen LogP contribution in [-0.4, -0.2) is 54.3 Å². The summed E-state index contributed by atoms with van der Waals surface area (Å²) in [6, 6.07) is 8.05. The maximum atomic E-state index is 13.4. The Kier molecular flexibility index (Phi) is 7.27. The van der Waals surface area contributed by atoms with E-state index in [2.05, 4.69) is 20.4 Å². The lowest BCUT2D eigenvalue weighted by Crippen LogP contribution is -2.40. The minimum absolute atomic E-state index is 0.0961. The van der Waals surface area contributed by atoms with Gasteiger partial charge in [-0.2, -0.15) is 13.2 Å². The van der Waals surface area contributed by atoms with Gasteiger partial charge in [-0.1, -0.05) is 17.3 Å². The van der Waals surface area contributed by atoms with Crippen molar-refractivity contribution in [2.24, 2.45) is 0 Å². The van der Waals surface area contributed by atoms with Gasteiger partial charge in [-0.3, -0.25) is 14.0 Å². The van der Waals surface area contributed by atoms with E-state index in [0.717, 1.165) is 37.0 Å². The molecule has 1 saturated heterocycles. The van der Waals surface area contributed by atoms with Gasteiger partial charge in [0.25, 0.3) is 11.8 Å². The van der Waals surface area contributed by atoms with Crippen molar-refractivity contribution in [2.75, 3.05) is 24.1 Å². The van der Waals surface area contributed by atoms with Crippen LogP contribution in [0.3, 0.4) is 0 Å². The van der Waals surface area contributed by atoms with Crippen LogP contribution in [0, 0.1) is 13.8 Å². The van der Waals surface area contributed by atoms with Gasteiger partial charge in [-0.25, -0.2) is 15.0 Å². The fourth-order valence-corrected chi connectivity index (χ4v) is 5.54. The zero-order chi connectivity index (χ0) is 31.2. The van der Waals surface area contributed by atoms with Gasteiger partial charge < -0.3 is 20.5 Å². The number of rotatable bonds is 5. The number of nitrogen functional groups attached to an aromatic ring is 1. The first-order valence-electron chi connectivity index (χ1n) is 13.8. The quantitative estimate of drug-likeness (QED) is 0.276. The van der Waals surface area contributed by atoms with Crippen molar-refractivity contribution in [1.82, 2.24) is 29.4 Å². The number of halogens is 3. The summed E-state index contributed by atoms with van der Waals surface area (Å²) in [5.41, 5.74) is 8.41. The summed E-state index contributed by atoms with van der Waals surface area (Å²) in [6.07, 6.45) is 1.36. The molecule has 0 spiro atoms. The lowest BCUT2D eigenvalue weighted by atomic mass is 9.96. The number of carbonyl (C=O) groups is 2. The maximum absolute atomic E-state index is 13.4. The summed E-state index contributed by atoms with van der Waals surface area (Å²) >= 11 is 0. The molecular weight excluding hydrogens is 577 g/mol. The molecule has 1 fully saturated rings. The third-order valence-corrected chi connectivity index (χ3v) is 7.68. The predicted octanol–water partition coefficient (Wildman–Crippen LogP) is 5.27. The van der Waals surface area contributed by atoms with E-state index < -0.39 is 17.6 Å². The van der Waals surface area contributed by atoms with Gasteiger partial charge in [0.1, 0.15) is 40.0 Å².